The number of hydrogen-bond acceptors (Lipinski definition) is 6. The lowest BCUT2D eigenvalue weighted by atomic mass is 10.1. The molecule has 0 radical (unpaired) electrons. The molecule has 0 spiro atoms. The molecule has 6 nitrogen and oxygen atoms in total. The molecule has 0 aliphatic carbocycles. The lowest BCUT2D eigenvalue weighted by molar-refractivity contribution is -0.167. The van der Waals surface area contributed by atoms with Crippen LogP contribution in [0.1, 0.15) is 265 Å². The highest BCUT2D eigenvalue weighted by Gasteiger charge is 2.19. The predicted octanol–water partition coefficient (Wildman–Crippen LogP) is 19.3. The molecular formula is C63H106O6. The fourth-order valence-corrected chi connectivity index (χ4v) is 7.77. The Morgan fingerprint density at radius 2 is 0.565 bits per heavy atom. The maximum absolute atomic E-state index is 12.8. The number of rotatable bonds is 51. The van der Waals surface area contributed by atoms with Crippen LogP contribution in [-0.4, -0.2) is 37.2 Å². The first-order valence-electron chi connectivity index (χ1n) is 28.7. The Morgan fingerprint density at radius 1 is 0.304 bits per heavy atom. The third-order valence-corrected chi connectivity index (χ3v) is 12.1. The van der Waals surface area contributed by atoms with E-state index in [9.17, 15) is 14.4 Å². The summed E-state index contributed by atoms with van der Waals surface area (Å²) in [4.78, 5) is 38.0. The van der Waals surface area contributed by atoms with Crippen molar-refractivity contribution in [1.82, 2.24) is 0 Å². The van der Waals surface area contributed by atoms with Gasteiger partial charge in [-0.2, -0.15) is 0 Å². The highest BCUT2D eigenvalue weighted by Crippen LogP contribution is 2.14. The molecule has 0 aromatic heterocycles. The maximum atomic E-state index is 12.8. The van der Waals surface area contributed by atoms with Crippen molar-refractivity contribution in [3.63, 3.8) is 0 Å². The van der Waals surface area contributed by atoms with Crippen LogP contribution in [-0.2, 0) is 28.6 Å². The topological polar surface area (TPSA) is 78.9 Å². The molecule has 394 valence electrons. The summed E-state index contributed by atoms with van der Waals surface area (Å²) >= 11 is 0. The van der Waals surface area contributed by atoms with Crippen molar-refractivity contribution in [2.75, 3.05) is 13.2 Å². The van der Waals surface area contributed by atoms with Gasteiger partial charge >= 0.3 is 17.9 Å². The third kappa shape index (κ3) is 55.1. The van der Waals surface area contributed by atoms with E-state index in [1.165, 1.54) is 109 Å². The van der Waals surface area contributed by atoms with Gasteiger partial charge in [-0.3, -0.25) is 14.4 Å². The van der Waals surface area contributed by atoms with Gasteiger partial charge < -0.3 is 14.2 Å². The minimum absolute atomic E-state index is 0.0874. The van der Waals surface area contributed by atoms with E-state index in [4.69, 9.17) is 14.2 Å². The molecule has 6 heteroatoms. The van der Waals surface area contributed by atoms with E-state index in [2.05, 4.69) is 118 Å². The predicted molar refractivity (Wildman–Crippen MR) is 297 cm³/mol. The van der Waals surface area contributed by atoms with Crippen molar-refractivity contribution in [2.45, 2.75) is 271 Å². The average molecular weight is 960 g/mol. The van der Waals surface area contributed by atoms with Crippen molar-refractivity contribution in [3.8, 4) is 0 Å². The molecule has 0 amide bonds. The Kier molecular flexibility index (Phi) is 53.9. The maximum Gasteiger partial charge on any atom is 0.306 e. The van der Waals surface area contributed by atoms with E-state index in [0.29, 0.717) is 19.3 Å². The van der Waals surface area contributed by atoms with Gasteiger partial charge in [0.05, 0.1) is 0 Å². The van der Waals surface area contributed by atoms with Gasteiger partial charge in [0, 0.05) is 19.3 Å². The van der Waals surface area contributed by atoms with Gasteiger partial charge in [-0.05, 0) is 103 Å². The molecule has 0 aliphatic heterocycles. The van der Waals surface area contributed by atoms with Gasteiger partial charge in [0.15, 0.2) is 6.10 Å². The smallest absolute Gasteiger partial charge is 0.306 e. The summed E-state index contributed by atoms with van der Waals surface area (Å²) in [5.41, 5.74) is 0. The van der Waals surface area contributed by atoms with E-state index in [-0.39, 0.29) is 31.1 Å². The molecule has 1 unspecified atom stereocenters. The van der Waals surface area contributed by atoms with Crippen molar-refractivity contribution >= 4 is 17.9 Å². The molecule has 0 heterocycles. The van der Waals surface area contributed by atoms with Crippen LogP contribution in [0.4, 0.5) is 0 Å². The summed E-state index contributed by atoms with van der Waals surface area (Å²) in [6, 6.07) is 0. The van der Waals surface area contributed by atoms with Crippen LogP contribution in [0.3, 0.4) is 0 Å². The molecule has 0 N–H and O–H groups in total. The number of carbonyl (C=O) groups excluding carboxylic acids is 3. The van der Waals surface area contributed by atoms with Gasteiger partial charge in [-0.15, -0.1) is 0 Å². The number of allylic oxidation sites excluding steroid dienone is 16. The minimum Gasteiger partial charge on any atom is -0.462 e. The first-order valence-corrected chi connectivity index (χ1v) is 28.7. The van der Waals surface area contributed by atoms with Gasteiger partial charge in [0.1, 0.15) is 13.2 Å². The van der Waals surface area contributed by atoms with Crippen molar-refractivity contribution in [1.29, 1.82) is 0 Å². The molecule has 0 rings (SSSR count). The summed E-state index contributed by atoms with van der Waals surface area (Å²) in [5.74, 6) is -0.922. The minimum atomic E-state index is -0.789. The number of carbonyl (C=O) groups is 3. The zero-order chi connectivity index (χ0) is 50.0. The first kappa shape index (κ1) is 65.3. The zero-order valence-corrected chi connectivity index (χ0v) is 45.0. The Labute approximate surface area is 426 Å². The lowest BCUT2D eigenvalue weighted by Gasteiger charge is -2.18. The summed E-state index contributed by atoms with van der Waals surface area (Å²) in [5, 5.41) is 0. The summed E-state index contributed by atoms with van der Waals surface area (Å²) < 4.78 is 16.8. The molecule has 1 atom stereocenters. The second-order valence-electron chi connectivity index (χ2n) is 18.8. The molecule has 0 saturated heterocycles. The van der Waals surface area contributed by atoms with Gasteiger partial charge in [-0.1, -0.05) is 240 Å². The van der Waals surface area contributed by atoms with E-state index < -0.39 is 6.10 Å². The van der Waals surface area contributed by atoms with Crippen LogP contribution >= 0.6 is 0 Å². The SMILES string of the molecule is CC/C=C\C/C=C\C/C=C\C/C=C\C/C=C\C/C=C\CCCCCCC(=O)OCC(COC(=O)CCCCCCCCC)OC(=O)CCCCCCCCCCC/C=C\C/C=C\CCCCCCC. The van der Waals surface area contributed by atoms with E-state index in [0.717, 1.165) is 116 Å². The molecule has 0 bridgehead atoms. The van der Waals surface area contributed by atoms with E-state index >= 15 is 0 Å². The molecule has 0 aromatic carbocycles. The molecular weight excluding hydrogens is 853 g/mol. The summed E-state index contributed by atoms with van der Waals surface area (Å²) in [6.45, 7) is 6.45. The Bertz CT molecular complexity index is 1380. The van der Waals surface area contributed by atoms with Crippen molar-refractivity contribution in [2.24, 2.45) is 0 Å². The largest absolute Gasteiger partial charge is 0.462 e. The molecule has 69 heavy (non-hydrogen) atoms. The second-order valence-corrected chi connectivity index (χ2v) is 18.8. The highest BCUT2D eigenvalue weighted by molar-refractivity contribution is 5.71. The van der Waals surface area contributed by atoms with Gasteiger partial charge in [0.25, 0.3) is 0 Å². The van der Waals surface area contributed by atoms with Crippen LogP contribution in [0.15, 0.2) is 97.2 Å². The molecule has 0 aromatic rings. The highest BCUT2D eigenvalue weighted by atomic mass is 16.6. The van der Waals surface area contributed by atoms with Gasteiger partial charge in [-0.25, -0.2) is 0 Å². The normalized spacial score (nSPS) is 12.8. The zero-order valence-electron chi connectivity index (χ0n) is 45.0. The van der Waals surface area contributed by atoms with Crippen molar-refractivity contribution in [3.05, 3.63) is 97.2 Å². The summed E-state index contributed by atoms with van der Waals surface area (Å²) in [6.07, 6.45) is 75.6. The second kappa shape index (κ2) is 56.9. The number of hydrogen-bond donors (Lipinski definition) is 0. The number of unbranched alkanes of at least 4 members (excludes halogenated alkanes) is 24. The average Bonchev–Trinajstić information content (AvgIpc) is 3.35. The van der Waals surface area contributed by atoms with Crippen LogP contribution in [0.2, 0.25) is 0 Å². The number of ether oxygens (including phenoxy) is 3. The fourth-order valence-electron chi connectivity index (χ4n) is 7.77. The van der Waals surface area contributed by atoms with Gasteiger partial charge in [0.2, 0.25) is 0 Å². The monoisotopic (exact) mass is 959 g/mol. The number of esters is 3. The van der Waals surface area contributed by atoms with Crippen LogP contribution in [0, 0.1) is 0 Å². The Morgan fingerprint density at radius 3 is 0.884 bits per heavy atom. The van der Waals surface area contributed by atoms with Crippen molar-refractivity contribution < 1.29 is 28.6 Å². The van der Waals surface area contributed by atoms with Crippen LogP contribution < -0.4 is 0 Å². The van der Waals surface area contributed by atoms with E-state index in [1.807, 2.05) is 0 Å². The lowest BCUT2D eigenvalue weighted by Crippen LogP contribution is -2.30. The fraction of sp³-hybridized carbons (Fsp3) is 0.698. The Balaban J connectivity index is 4.28. The molecule has 0 aliphatic rings. The Hall–Kier alpha value is -3.67. The third-order valence-electron chi connectivity index (χ3n) is 12.1. The van der Waals surface area contributed by atoms with Crippen LogP contribution in [0.25, 0.3) is 0 Å². The van der Waals surface area contributed by atoms with Crippen LogP contribution in [0.5, 0.6) is 0 Å². The quantitative estimate of drug-likeness (QED) is 0.0262. The molecule has 0 saturated carbocycles. The van der Waals surface area contributed by atoms with E-state index in [1.54, 1.807) is 0 Å². The standard InChI is InChI=1S/C63H106O6/c1-4-7-10-13-16-18-20-22-24-26-28-30-31-33-34-36-38-40-42-44-47-50-53-56-62(65)68-59-60(58-67-61(64)55-52-49-46-15-12-9-6-3)69-63(66)57-54-51-48-45-43-41-39-37-35-32-29-27-25-23-21-19-17-14-11-8-5-2/h7,10,16,18,21-24,27-30,33-34,38,40,60H,4-6,8-9,11-15,17,19-20,25-26,31-32,35-37,39,41-59H2,1-3H3/b10-7-,18-16-,23-21-,24-22-,29-27-,30-28-,34-33-,40-38-. The summed E-state index contributed by atoms with van der Waals surface area (Å²) in [7, 11) is 0. The molecule has 0 fully saturated rings. The first-order chi connectivity index (χ1) is 34.0.